The van der Waals surface area contributed by atoms with Crippen molar-refractivity contribution in [2.24, 2.45) is 0 Å². The van der Waals surface area contributed by atoms with Crippen molar-refractivity contribution in [3.05, 3.63) is 35.9 Å². The lowest BCUT2D eigenvalue weighted by atomic mass is 10.1. The van der Waals surface area contributed by atoms with Crippen LogP contribution in [0.3, 0.4) is 0 Å². The monoisotopic (exact) mass is 284 g/mol. The molecule has 0 aliphatic heterocycles. The molecule has 5 heteroatoms. The van der Waals surface area contributed by atoms with Crippen LogP contribution in [0.4, 0.5) is 0 Å². The van der Waals surface area contributed by atoms with Gasteiger partial charge in [-0.1, -0.05) is 43.2 Å². The lowest BCUT2D eigenvalue weighted by Gasteiger charge is -2.06. The second kappa shape index (κ2) is 10.8. The van der Waals surface area contributed by atoms with Gasteiger partial charge in [0.25, 0.3) is 0 Å². The van der Waals surface area contributed by atoms with Gasteiger partial charge in [-0.2, -0.15) is 0 Å². The van der Waals surface area contributed by atoms with E-state index in [2.05, 4.69) is 10.3 Å². The highest BCUT2D eigenvalue weighted by Crippen LogP contribution is 2.03. The van der Waals surface area contributed by atoms with E-state index >= 15 is 0 Å². The largest absolute Gasteiger partial charge is 0.273 e. The summed E-state index contributed by atoms with van der Waals surface area (Å²) in [5, 5.41) is 0. The fraction of sp³-hybridized carbons (Fsp3) is 0.500. The van der Waals surface area contributed by atoms with E-state index in [0.717, 1.165) is 37.8 Å². The zero-order valence-electron chi connectivity index (χ0n) is 11.0. The molecular formula is C14H21ClN2O2. The summed E-state index contributed by atoms with van der Waals surface area (Å²) in [4.78, 5) is 19.2. The highest BCUT2D eigenvalue weighted by molar-refractivity contribution is 6.13. The highest BCUT2D eigenvalue weighted by atomic mass is 35.5. The van der Waals surface area contributed by atoms with Crippen LogP contribution >= 0.6 is 11.8 Å². The van der Waals surface area contributed by atoms with E-state index in [9.17, 15) is 4.79 Å². The summed E-state index contributed by atoms with van der Waals surface area (Å²) in [6.07, 6.45) is 4.53. The van der Waals surface area contributed by atoms with Gasteiger partial charge < -0.3 is 0 Å². The van der Waals surface area contributed by atoms with E-state index in [4.69, 9.17) is 16.6 Å². The van der Waals surface area contributed by atoms with Gasteiger partial charge in [-0.3, -0.25) is 9.63 Å². The molecule has 1 aromatic carbocycles. The minimum absolute atomic E-state index is 0.0635. The molecule has 0 heterocycles. The van der Waals surface area contributed by atoms with Gasteiger partial charge in [-0.05, 0) is 30.2 Å². The van der Waals surface area contributed by atoms with E-state index in [-0.39, 0.29) is 5.91 Å². The number of unbranched alkanes of at least 4 members (excludes halogenated alkanes) is 3. The van der Waals surface area contributed by atoms with Crippen LogP contribution in [-0.4, -0.2) is 12.5 Å². The molecule has 0 saturated carbocycles. The Bertz CT molecular complexity index is 347. The highest BCUT2D eigenvalue weighted by Gasteiger charge is 2.01. The zero-order valence-corrected chi connectivity index (χ0v) is 11.8. The third-order valence-electron chi connectivity index (χ3n) is 2.69. The maximum absolute atomic E-state index is 11.5. The summed E-state index contributed by atoms with van der Waals surface area (Å²) in [5.41, 5.74) is 3.50. The van der Waals surface area contributed by atoms with Crippen LogP contribution < -0.4 is 10.3 Å². The van der Waals surface area contributed by atoms with Crippen LogP contribution in [0.25, 0.3) is 0 Å². The molecule has 19 heavy (non-hydrogen) atoms. The Morgan fingerprint density at radius 2 is 1.84 bits per heavy atom. The number of carbonyl (C=O) groups is 1. The summed E-state index contributed by atoms with van der Waals surface area (Å²) >= 11 is 5.34. The van der Waals surface area contributed by atoms with Crippen molar-refractivity contribution in [1.29, 1.82) is 0 Å². The standard InChI is InChI=1S/C14H21ClN2O2/c15-16-11-7-2-1-6-10-14(18)17-19-12-13-8-4-3-5-9-13/h3-5,8-9,16H,1-2,6-7,10-12H2,(H,17,18). The predicted octanol–water partition coefficient (Wildman–Crippen LogP) is 2.93. The molecule has 4 nitrogen and oxygen atoms in total. The molecule has 0 aromatic heterocycles. The van der Waals surface area contributed by atoms with Crippen LogP contribution in [-0.2, 0) is 16.2 Å². The van der Waals surface area contributed by atoms with Crippen molar-refractivity contribution in [3.8, 4) is 0 Å². The molecule has 0 aliphatic carbocycles. The molecule has 0 atom stereocenters. The number of hydrogen-bond donors (Lipinski definition) is 2. The maximum Gasteiger partial charge on any atom is 0.243 e. The Balaban J connectivity index is 1.96. The van der Waals surface area contributed by atoms with Crippen molar-refractivity contribution in [2.75, 3.05) is 6.54 Å². The molecular weight excluding hydrogens is 264 g/mol. The van der Waals surface area contributed by atoms with E-state index < -0.39 is 0 Å². The third kappa shape index (κ3) is 8.59. The second-order valence-corrected chi connectivity index (χ2v) is 4.61. The van der Waals surface area contributed by atoms with Crippen LogP contribution in [0, 0.1) is 0 Å². The fourth-order valence-corrected chi connectivity index (χ4v) is 1.79. The number of amides is 1. The SMILES string of the molecule is O=C(CCCCCCNCl)NOCc1ccccc1. The summed E-state index contributed by atoms with van der Waals surface area (Å²) < 4.78 is 0. The molecule has 0 spiro atoms. The number of carbonyl (C=O) groups excluding carboxylic acids is 1. The Kier molecular flexibility index (Phi) is 9.06. The smallest absolute Gasteiger partial charge is 0.243 e. The first-order valence-corrected chi connectivity index (χ1v) is 6.99. The van der Waals surface area contributed by atoms with E-state index in [1.807, 2.05) is 30.3 Å². The summed E-state index contributed by atoms with van der Waals surface area (Å²) in [6.45, 7) is 1.21. The number of benzene rings is 1. The average Bonchev–Trinajstić information content (AvgIpc) is 2.44. The molecule has 0 radical (unpaired) electrons. The lowest BCUT2D eigenvalue weighted by molar-refractivity contribution is -0.134. The van der Waals surface area contributed by atoms with Gasteiger partial charge >= 0.3 is 0 Å². The van der Waals surface area contributed by atoms with Crippen LogP contribution in [0.15, 0.2) is 30.3 Å². The van der Waals surface area contributed by atoms with Crippen molar-refractivity contribution < 1.29 is 9.63 Å². The molecule has 0 bridgehead atoms. The van der Waals surface area contributed by atoms with Crippen molar-refractivity contribution >= 4 is 17.7 Å². The Morgan fingerprint density at radius 3 is 2.58 bits per heavy atom. The molecule has 1 rings (SSSR count). The molecule has 106 valence electrons. The summed E-state index contributed by atoms with van der Waals surface area (Å²) in [7, 11) is 0. The Hall–Kier alpha value is -1.10. The predicted molar refractivity (Wildman–Crippen MR) is 76.3 cm³/mol. The van der Waals surface area contributed by atoms with E-state index in [1.165, 1.54) is 0 Å². The average molecular weight is 285 g/mol. The number of rotatable bonds is 10. The number of halogens is 1. The normalized spacial score (nSPS) is 10.4. The van der Waals surface area contributed by atoms with E-state index in [0.29, 0.717) is 13.0 Å². The minimum Gasteiger partial charge on any atom is -0.273 e. The zero-order chi connectivity index (χ0) is 13.8. The van der Waals surface area contributed by atoms with Gasteiger partial charge in [-0.15, -0.1) is 0 Å². The topological polar surface area (TPSA) is 50.4 Å². The molecule has 2 N–H and O–H groups in total. The maximum atomic E-state index is 11.5. The van der Waals surface area contributed by atoms with Crippen molar-refractivity contribution in [1.82, 2.24) is 10.3 Å². The first-order valence-electron chi connectivity index (χ1n) is 6.61. The molecule has 0 fully saturated rings. The van der Waals surface area contributed by atoms with Gasteiger partial charge in [0.2, 0.25) is 5.91 Å². The van der Waals surface area contributed by atoms with Gasteiger partial charge in [0.1, 0.15) is 0 Å². The lowest BCUT2D eigenvalue weighted by Crippen LogP contribution is -2.23. The molecule has 1 amide bonds. The van der Waals surface area contributed by atoms with Crippen molar-refractivity contribution in [2.45, 2.75) is 38.7 Å². The van der Waals surface area contributed by atoms with Gasteiger partial charge in [-0.25, -0.2) is 10.3 Å². The van der Waals surface area contributed by atoms with Gasteiger partial charge in [0.05, 0.1) is 6.61 Å². The van der Waals surface area contributed by atoms with Crippen LogP contribution in [0.1, 0.15) is 37.7 Å². The Morgan fingerprint density at radius 1 is 1.11 bits per heavy atom. The summed E-state index contributed by atoms with van der Waals surface area (Å²) in [6, 6.07) is 9.74. The number of hydroxylamine groups is 1. The third-order valence-corrected chi connectivity index (χ3v) is 2.88. The second-order valence-electron chi connectivity index (χ2n) is 4.35. The number of nitrogens with one attached hydrogen (secondary N) is 2. The first kappa shape index (κ1) is 16.0. The first-order chi connectivity index (χ1) is 9.33. The molecule has 1 aromatic rings. The Labute approximate surface area is 119 Å². The minimum atomic E-state index is -0.0635. The number of hydrogen-bond acceptors (Lipinski definition) is 3. The summed E-state index contributed by atoms with van der Waals surface area (Å²) in [5.74, 6) is -0.0635. The quantitative estimate of drug-likeness (QED) is 0.395. The van der Waals surface area contributed by atoms with Crippen LogP contribution in [0.5, 0.6) is 0 Å². The van der Waals surface area contributed by atoms with Crippen molar-refractivity contribution in [3.63, 3.8) is 0 Å². The van der Waals surface area contributed by atoms with Gasteiger partial charge in [0, 0.05) is 13.0 Å². The van der Waals surface area contributed by atoms with E-state index in [1.54, 1.807) is 0 Å². The fourth-order valence-electron chi connectivity index (χ4n) is 1.66. The van der Waals surface area contributed by atoms with Crippen LogP contribution in [0.2, 0.25) is 0 Å². The molecule has 0 unspecified atom stereocenters. The molecule has 0 aliphatic rings. The molecule has 0 saturated heterocycles. The van der Waals surface area contributed by atoms with Gasteiger partial charge in [0.15, 0.2) is 0 Å².